The predicted octanol–water partition coefficient (Wildman–Crippen LogP) is 4.19. The lowest BCUT2D eigenvalue weighted by molar-refractivity contribution is 0.297. The van der Waals surface area contributed by atoms with Crippen LogP contribution in [0.5, 0.6) is 5.75 Å². The molecule has 2 nitrogen and oxygen atoms in total. The zero-order chi connectivity index (χ0) is 13.8. The molecule has 2 radical (unpaired) electrons. The minimum absolute atomic E-state index is 0.827. The van der Waals surface area contributed by atoms with Crippen LogP contribution in [-0.2, 0) is 4.74 Å². The largest absolute Gasteiger partial charge is 0.456 e. The molecule has 2 aromatic carbocycles. The molecule has 0 atom stereocenters. The van der Waals surface area contributed by atoms with Gasteiger partial charge in [0.1, 0.15) is 11.5 Å². The van der Waals surface area contributed by atoms with Crippen molar-refractivity contribution in [3.63, 3.8) is 0 Å². The van der Waals surface area contributed by atoms with Gasteiger partial charge >= 0.3 is 0 Å². The molecule has 0 saturated carbocycles. The molecule has 1 aliphatic heterocycles. The van der Waals surface area contributed by atoms with E-state index in [4.69, 9.17) is 9.47 Å². The summed E-state index contributed by atoms with van der Waals surface area (Å²) in [4.78, 5) is 0. The van der Waals surface area contributed by atoms with Crippen molar-refractivity contribution in [3.05, 3.63) is 84.5 Å². The van der Waals surface area contributed by atoms with Crippen LogP contribution in [0, 0.1) is 6.61 Å². The average Bonchev–Trinajstić information content (AvgIpc) is 2.53. The summed E-state index contributed by atoms with van der Waals surface area (Å²) in [6.45, 7) is 2.77. The third-order valence-electron chi connectivity index (χ3n) is 3.10. The van der Waals surface area contributed by atoms with Crippen LogP contribution in [0.2, 0.25) is 0 Å². The van der Waals surface area contributed by atoms with Crippen molar-refractivity contribution in [1.82, 2.24) is 0 Å². The van der Waals surface area contributed by atoms with Gasteiger partial charge in [0, 0.05) is 18.2 Å². The van der Waals surface area contributed by atoms with E-state index in [0.29, 0.717) is 0 Å². The lowest BCUT2D eigenvalue weighted by Crippen LogP contribution is -2.03. The number of para-hydroxylation sites is 1. The second kappa shape index (κ2) is 5.76. The number of ether oxygens (including phenoxy) is 2. The Morgan fingerprint density at radius 1 is 1.00 bits per heavy atom. The highest BCUT2D eigenvalue weighted by Crippen LogP contribution is 2.36. The molecule has 0 bridgehead atoms. The van der Waals surface area contributed by atoms with Gasteiger partial charge in [0.05, 0.1) is 0 Å². The van der Waals surface area contributed by atoms with Crippen molar-refractivity contribution in [2.45, 2.75) is 0 Å². The van der Waals surface area contributed by atoms with E-state index in [0.717, 1.165) is 28.2 Å². The van der Waals surface area contributed by atoms with E-state index in [1.807, 2.05) is 66.7 Å². The minimum atomic E-state index is 0.827. The smallest absolute Gasteiger partial charge is 0.158 e. The molecule has 2 heteroatoms. The highest BCUT2D eigenvalue weighted by atomic mass is 16.5. The van der Waals surface area contributed by atoms with Crippen molar-refractivity contribution >= 4 is 11.3 Å². The van der Waals surface area contributed by atoms with Gasteiger partial charge in [-0.3, -0.25) is 0 Å². The molecule has 98 valence electrons. The summed E-state index contributed by atoms with van der Waals surface area (Å²) in [5.41, 5.74) is 3.11. The predicted molar refractivity (Wildman–Crippen MR) is 79.7 cm³/mol. The first-order valence-corrected chi connectivity index (χ1v) is 6.41. The third kappa shape index (κ3) is 2.51. The first-order chi connectivity index (χ1) is 9.88. The molecule has 0 unspecified atom stereocenters. The van der Waals surface area contributed by atoms with Crippen LogP contribution in [0.25, 0.3) is 11.3 Å². The molecule has 0 aliphatic carbocycles. The molecular formula is C18H14O2. The van der Waals surface area contributed by atoms with Crippen LogP contribution < -0.4 is 4.74 Å². The highest BCUT2D eigenvalue weighted by molar-refractivity contribution is 5.88. The van der Waals surface area contributed by atoms with Gasteiger partial charge in [-0.1, -0.05) is 48.5 Å². The van der Waals surface area contributed by atoms with E-state index < -0.39 is 0 Å². The quantitative estimate of drug-likeness (QED) is 0.825. The molecule has 3 rings (SSSR count). The van der Waals surface area contributed by atoms with Crippen molar-refractivity contribution in [1.29, 1.82) is 0 Å². The Kier molecular flexibility index (Phi) is 3.66. The standard InChI is InChI=1S/C18H14O2/c1-19-12-11-15-13-18(14-7-3-2-4-8-14)20-17-10-6-5-9-16(15)17/h2-11,13H,1H3/b15-11-. The molecular weight excluding hydrogens is 248 g/mol. The van der Waals surface area contributed by atoms with Gasteiger partial charge in [0.15, 0.2) is 6.61 Å². The summed E-state index contributed by atoms with van der Waals surface area (Å²) in [5.74, 6) is 1.67. The fourth-order valence-corrected chi connectivity index (χ4v) is 2.15. The van der Waals surface area contributed by atoms with Crippen molar-refractivity contribution in [2.24, 2.45) is 0 Å². The zero-order valence-corrected chi connectivity index (χ0v) is 11.2. The molecule has 2 aromatic rings. The Bertz CT molecular complexity index is 654. The summed E-state index contributed by atoms with van der Waals surface area (Å²) in [7, 11) is 1.59. The van der Waals surface area contributed by atoms with Crippen LogP contribution in [-0.4, -0.2) is 7.11 Å². The topological polar surface area (TPSA) is 18.5 Å². The monoisotopic (exact) mass is 262 g/mol. The van der Waals surface area contributed by atoms with Gasteiger partial charge in [-0.05, 0) is 23.8 Å². The summed E-state index contributed by atoms with van der Waals surface area (Å²) < 4.78 is 10.9. The van der Waals surface area contributed by atoms with E-state index in [-0.39, 0.29) is 0 Å². The Labute approximate surface area is 119 Å². The fourth-order valence-electron chi connectivity index (χ4n) is 2.15. The van der Waals surface area contributed by atoms with Crippen LogP contribution >= 0.6 is 0 Å². The second-order valence-corrected chi connectivity index (χ2v) is 4.39. The summed E-state index contributed by atoms with van der Waals surface area (Å²) in [5, 5.41) is 0. The first kappa shape index (κ1) is 12.7. The molecule has 1 heterocycles. The zero-order valence-electron chi connectivity index (χ0n) is 11.2. The van der Waals surface area contributed by atoms with Gasteiger partial charge in [0.25, 0.3) is 0 Å². The van der Waals surface area contributed by atoms with Gasteiger partial charge in [-0.25, -0.2) is 0 Å². The van der Waals surface area contributed by atoms with Gasteiger partial charge in [-0.15, -0.1) is 0 Å². The Morgan fingerprint density at radius 2 is 1.75 bits per heavy atom. The van der Waals surface area contributed by atoms with E-state index in [1.165, 1.54) is 0 Å². The van der Waals surface area contributed by atoms with E-state index in [1.54, 1.807) is 7.11 Å². The lowest BCUT2D eigenvalue weighted by Gasteiger charge is -2.20. The number of fused-ring (bicyclic) bond motifs is 1. The molecule has 0 fully saturated rings. The lowest BCUT2D eigenvalue weighted by atomic mass is 9.99. The molecule has 0 aromatic heterocycles. The average molecular weight is 262 g/mol. The highest BCUT2D eigenvalue weighted by Gasteiger charge is 2.17. The van der Waals surface area contributed by atoms with Crippen LogP contribution in [0.4, 0.5) is 0 Å². The molecule has 0 saturated heterocycles. The molecule has 1 aliphatic rings. The Morgan fingerprint density at radius 3 is 2.55 bits per heavy atom. The summed E-state index contributed by atoms with van der Waals surface area (Å²) in [6, 6.07) is 18.0. The maximum atomic E-state index is 5.98. The number of allylic oxidation sites excluding steroid dienone is 2. The SMILES string of the molecule is CO[C]/C=C1/C=C(c2ccccc2)Oc2ccccc21. The maximum absolute atomic E-state index is 5.98. The molecule has 0 N–H and O–H groups in total. The fraction of sp³-hybridized carbons (Fsp3) is 0.0556. The maximum Gasteiger partial charge on any atom is 0.158 e. The third-order valence-corrected chi connectivity index (χ3v) is 3.10. The summed E-state index contributed by atoms with van der Waals surface area (Å²) >= 11 is 0. The molecule has 0 spiro atoms. The Hall–Kier alpha value is -2.32. The van der Waals surface area contributed by atoms with Crippen LogP contribution in [0.1, 0.15) is 11.1 Å². The van der Waals surface area contributed by atoms with Crippen molar-refractivity contribution in [3.8, 4) is 5.75 Å². The molecule has 20 heavy (non-hydrogen) atoms. The molecule has 0 amide bonds. The van der Waals surface area contributed by atoms with E-state index in [9.17, 15) is 0 Å². The second-order valence-electron chi connectivity index (χ2n) is 4.39. The van der Waals surface area contributed by atoms with E-state index in [2.05, 4.69) is 6.61 Å². The number of hydrogen-bond donors (Lipinski definition) is 0. The number of hydrogen-bond acceptors (Lipinski definition) is 2. The van der Waals surface area contributed by atoms with Gasteiger partial charge in [0.2, 0.25) is 0 Å². The van der Waals surface area contributed by atoms with Crippen LogP contribution in [0.15, 0.2) is 66.7 Å². The Balaban J connectivity index is 2.05. The van der Waals surface area contributed by atoms with Gasteiger partial charge < -0.3 is 9.47 Å². The minimum Gasteiger partial charge on any atom is -0.456 e. The van der Waals surface area contributed by atoms with Crippen LogP contribution in [0.3, 0.4) is 0 Å². The first-order valence-electron chi connectivity index (χ1n) is 6.41. The number of benzene rings is 2. The summed E-state index contributed by atoms with van der Waals surface area (Å²) in [6.07, 6.45) is 3.83. The number of methoxy groups -OCH3 is 1. The van der Waals surface area contributed by atoms with Gasteiger partial charge in [-0.2, -0.15) is 0 Å². The normalized spacial score (nSPS) is 15.4. The van der Waals surface area contributed by atoms with Crippen molar-refractivity contribution in [2.75, 3.05) is 7.11 Å². The van der Waals surface area contributed by atoms with Crippen molar-refractivity contribution < 1.29 is 9.47 Å². The van der Waals surface area contributed by atoms with E-state index >= 15 is 0 Å². The number of rotatable bonds is 3.